The van der Waals surface area contributed by atoms with Gasteiger partial charge >= 0.3 is 0 Å². The normalized spacial score (nSPS) is 15.0. The smallest absolute Gasteiger partial charge is 0.273 e. The van der Waals surface area contributed by atoms with Crippen molar-refractivity contribution in [3.8, 4) is 17.1 Å². The van der Waals surface area contributed by atoms with Crippen molar-refractivity contribution in [3.05, 3.63) is 87.0 Å². The topological polar surface area (TPSA) is 85.8 Å². The average molecular weight is 453 g/mol. The molecule has 1 aromatic heterocycles. The highest BCUT2D eigenvalue weighted by Crippen LogP contribution is 2.37. The van der Waals surface area contributed by atoms with Crippen LogP contribution >= 0.6 is 24.0 Å². The third-order valence-electron chi connectivity index (χ3n) is 4.62. The second-order valence-electron chi connectivity index (χ2n) is 6.60. The number of amides is 1. The Balaban J connectivity index is 1.57. The fourth-order valence-electron chi connectivity index (χ4n) is 3.10. The van der Waals surface area contributed by atoms with E-state index in [9.17, 15) is 14.9 Å². The first kappa shape index (κ1) is 20.8. The van der Waals surface area contributed by atoms with Gasteiger partial charge in [-0.25, -0.2) is 0 Å². The fourth-order valence-corrected chi connectivity index (χ4v) is 4.34. The monoisotopic (exact) mass is 452 g/mol. The van der Waals surface area contributed by atoms with Crippen LogP contribution in [0.1, 0.15) is 11.3 Å². The van der Waals surface area contributed by atoms with Crippen LogP contribution in [0.25, 0.3) is 17.4 Å². The van der Waals surface area contributed by atoms with Crippen LogP contribution in [-0.2, 0) is 11.3 Å². The molecule has 2 heterocycles. The van der Waals surface area contributed by atoms with Crippen molar-refractivity contribution >= 4 is 46.0 Å². The summed E-state index contributed by atoms with van der Waals surface area (Å²) in [5.74, 6) is 1.09. The zero-order chi connectivity index (χ0) is 22.0. The molecule has 0 atom stereocenters. The minimum Gasteiger partial charge on any atom is -0.496 e. The largest absolute Gasteiger partial charge is 0.496 e. The molecule has 0 bridgehead atoms. The summed E-state index contributed by atoms with van der Waals surface area (Å²) in [5.41, 5.74) is 1.49. The van der Waals surface area contributed by atoms with Gasteiger partial charge in [-0.3, -0.25) is 19.8 Å². The molecule has 2 aromatic carbocycles. The summed E-state index contributed by atoms with van der Waals surface area (Å²) >= 11 is 6.61. The molecule has 1 fully saturated rings. The molecule has 1 saturated heterocycles. The lowest BCUT2D eigenvalue weighted by molar-refractivity contribution is -0.384. The SMILES string of the molecule is COc1cc([N+](=O)[O-])ccc1-c1ccc(/C=C2\SC(=S)N(Cc3ccccc3)C2=O)o1. The molecule has 0 N–H and O–H groups in total. The van der Waals surface area contributed by atoms with Crippen LogP contribution in [0.4, 0.5) is 5.69 Å². The molecule has 0 spiro atoms. The van der Waals surface area contributed by atoms with E-state index in [0.29, 0.717) is 38.6 Å². The Morgan fingerprint density at radius 1 is 1.19 bits per heavy atom. The Morgan fingerprint density at radius 2 is 1.97 bits per heavy atom. The van der Waals surface area contributed by atoms with Gasteiger partial charge in [-0.2, -0.15) is 0 Å². The number of nitrogens with zero attached hydrogens (tertiary/aromatic N) is 2. The number of ether oxygens (including phenoxy) is 1. The van der Waals surface area contributed by atoms with Crippen LogP contribution in [0, 0.1) is 10.1 Å². The number of rotatable bonds is 6. The van der Waals surface area contributed by atoms with Gasteiger partial charge in [-0.05, 0) is 23.8 Å². The van der Waals surface area contributed by atoms with Crippen molar-refractivity contribution < 1.29 is 18.9 Å². The van der Waals surface area contributed by atoms with Crippen molar-refractivity contribution in [1.29, 1.82) is 0 Å². The molecule has 156 valence electrons. The maximum Gasteiger partial charge on any atom is 0.273 e. The van der Waals surface area contributed by atoms with Crippen LogP contribution in [0.15, 0.2) is 70.0 Å². The van der Waals surface area contributed by atoms with Crippen molar-refractivity contribution in [2.24, 2.45) is 0 Å². The highest BCUT2D eigenvalue weighted by atomic mass is 32.2. The molecule has 1 amide bonds. The van der Waals surface area contributed by atoms with Gasteiger partial charge in [0, 0.05) is 12.1 Å². The van der Waals surface area contributed by atoms with Crippen LogP contribution in [0.2, 0.25) is 0 Å². The van der Waals surface area contributed by atoms with E-state index in [1.807, 2.05) is 30.3 Å². The number of furan rings is 1. The van der Waals surface area contributed by atoms with Gasteiger partial charge in [-0.1, -0.05) is 54.3 Å². The first-order valence-electron chi connectivity index (χ1n) is 9.18. The first-order valence-corrected chi connectivity index (χ1v) is 10.4. The molecule has 4 rings (SSSR count). The fraction of sp³-hybridized carbons (Fsp3) is 0.0909. The average Bonchev–Trinajstić information content (AvgIpc) is 3.34. The summed E-state index contributed by atoms with van der Waals surface area (Å²) in [4.78, 5) is 25.4. The number of non-ortho nitro benzene ring substituents is 1. The molecule has 7 nitrogen and oxygen atoms in total. The molecule has 0 unspecified atom stereocenters. The molecule has 1 aliphatic heterocycles. The van der Waals surface area contributed by atoms with E-state index in [1.54, 1.807) is 29.2 Å². The number of thiocarbonyl (C=S) groups is 1. The first-order chi connectivity index (χ1) is 15.0. The Kier molecular flexibility index (Phi) is 5.88. The number of methoxy groups -OCH3 is 1. The molecule has 9 heteroatoms. The number of hydrogen-bond donors (Lipinski definition) is 0. The van der Waals surface area contributed by atoms with Gasteiger partial charge in [0.1, 0.15) is 21.6 Å². The number of carbonyl (C=O) groups is 1. The van der Waals surface area contributed by atoms with Crippen molar-refractivity contribution in [2.75, 3.05) is 7.11 Å². The molecule has 31 heavy (non-hydrogen) atoms. The third-order valence-corrected chi connectivity index (χ3v) is 6.00. The van der Waals surface area contributed by atoms with E-state index in [4.69, 9.17) is 21.4 Å². The number of benzene rings is 2. The van der Waals surface area contributed by atoms with Gasteiger partial charge in [0.05, 0.1) is 35.1 Å². The molecule has 0 radical (unpaired) electrons. The van der Waals surface area contributed by atoms with E-state index in [1.165, 1.54) is 31.0 Å². The number of carbonyl (C=O) groups excluding carboxylic acids is 1. The molecule has 3 aromatic rings. The van der Waals surface area contributed by atoms with E-state index < -0.39 is 4.92 Å². The number of nitro groups is 1. The maximum atomic E-state index is 12.8. The second-order valence-corrected chi connectivity index (χ2v) is 8.27. The standard InChI is InChI=1S/C22H16N2O5S2/c1-28-19-11-15(24(26)27)7-9-17(19)18-10-8-16(29-18)12-20-21(25)23(22(30)31-20)13-14-5-3-2-4-6-14/h2-12H,13H2,1H3/b20-12-. The predicted molar refractivity (Wildman–Crippen MR) is 123 cm³/mol. The van der Waals surface area contributed by atoms with Crippen molar-refractivity contribution in [3.63, 3.8) is 0 Å². The predicted octanol–water partition coefficient (Wildman–Crippen LogP) is 5.26. The van der Waals surface area contributed by atoms with Gasteiger partial charge in [0.25, 0.3) is 11.6 Å². The van der Waals surface area contributed by atoms with Crippen LogP contribution < -0.4 is 4.74 Å². The van der Waals surface area contributed by atoms with Crippen molar-refractivity contribution in [1.82, 2.24) is 4.90 Å². The summed E-state index contributed by atoms with van der Waals surface area (Å²) in [6, 6.07) is 17.4. The van der Waals surface area contributed by atoms with E-state index in [-0.39, 0.29) is 11.6 Å². The summed E-state index contributed by atoms with van der Waals surface area (Å²) in [7, 11) is 1.44. The lowest BCUT2D eigenvalue weighted by Crippen LogP contribution is -2.27. The summed E-state index contributed by atoms with van der Waals surface area (Å²) < 4.78 is 11.6. The second kappa shape index (κ2) is 8.75. The Hall–Kier alpha value is -3.43. The molecule has 0 saturated carbocycles. The van der Waals surface area contributed by atoms with E-state index >= 15 is 0 Å². The number of hydrogen-bond acceptors (Lipinski definition) is 7. The lowest BCUT2D eigenvalue weighted by Gasteiger charge is -2.14. The minimum atomic E-state index is -0.489. The minimum absolute atomic E-state index is 0.0746. The zero-order valence-corrected chi connectivity index (χ0v) is 17.9. The Morgan fingerprint density at radius 3 is 2.68 bits per heavy atom. The van der Waals surface area contributed by atoms with E-state index in [2.05, 4.69) is 0 Å². The maximum absolute atomic E-state index is 12.8. The third kappa shape index (κ3) is 4.37. The lowest BCUT2D eigenvalue weighted by atomic mass is 10.1. The van der Waals surface area contributed by atoms with Gasteiger partial charge in [-0.15, -0.1) is 0 Å². The molecular weight excluding hydrogens is 436 g/mol. The van der Waals surface area contributed by atoms with Gasteiger partial charge in [0.15, 0.2) is 0 Å². The molecular formula is C22H16N2O5S2. The Bertz CT molecular complexity index is 1200. The highest BCUT2D eigenvalue weighted by Gasteiger charge is 2.32. The molecule has 1 aliphatic rings. The van der Waals surface area contributed by atoms with Crippen LogP contribution in [-0.4, -0.2) is 27.2 Å². The van der Waals surface area contributed by atoms with Gasteiger partial charge < -0.3 is 9.15 Å². The number of nitro benzene ring substituents is 1. The zero-order valence-electron chi connectivity index (χ0n) is 16.3. The summed E-state index contributed by atoms with van der Waals surface area (Å²) in [6.45, 7) is 0.409. The quantitative estimate of drug-likeness (QED) is 0.218. The summed E-state index contributed by atoms with van der Waals surface area (Å²) in [6.07, 6.45) is 1.64. The highest BCUT2D eigenvalue weighted by molar-refractivity contribution is 8.26. The summed E-state index contributed by atoms with van der Waals surface area (Å²) in [5, 5.41) is 11.0. The van der Waals surface area contributed by atoms with Gasteiger partial charge in [0.2, 0.25) is 0 Å². The van der Waals surface area contributed by atoms with E-state index in [0.717, 1.165) is 5.56 Å². The van der Waals surface area contributed by atoms with Crippen molar-refractivity contribution in [2.45, 2.75) is 6.54 Å². The van der Waals surface area contributed by atoms with Crippen LogP contribution in [0.5, 0.6) is 5.75 Å². The molecule has 0 aliphatic carbocycles. The number of thioether (sulfide) groups is 1. The van der Waals surface area contributed by atoms with Crippen LogP contribution in [0.3, 0.4) is 0 Å². The Labute approximate surface area is 187 Å².